The van der Waals surface area contributed by atoms with Gasteiger partial charge in [-0.2, -0.15) is 13.2 Å². The van der Waals surface area contributed by atoms with Crippen molar-refractivity contribution in [2.24, 2.45) is 0 Å². The van der Waals surface area contributed by atoms with Crippen LogP contribution in [0.25, 0.3) is 10.8 Å². The van der Waals surface area contributed by atoms with Crippen LogP contribution in [0.1, 0.15) is 18.4 Å². The molecule has 32 heavy (non-hydrogen) atoms. The normalized spacial score (nSPS) is 16.8. The zero-order valence-electron chi connectivity index (χ0n) is 16.6. The number of hydrogen-bond acceptors (Lipinski definition) is 4. The molecule has 0 saturated carbocycles. The number of amides is 1. The van der Waals surface area contributed by atoms with Gasteiger partial charge in [0.15, 0.2) is 0 Å². The molecular formula is C22H19F3N2O4S. The summed E-state index contributed by atoms with van der Waals surface area (Å²) in [5.74, 6) is -0.542. The van der Waals surface area contributed by atoms with Gasteiger partial charge < -0.3 is 10.1 Å². The number of halogens is 3. The molecule has 0 aromatic heterocycles. The summed E-state index contributed by atoms with van der Waals surface area (Å²) in [4.78, 5) is 12.0. The smallest absolute Gasteiger partial charge is 0.368 e. The van der Waals surface area contributed by atoms with E-state index in [-0.39, 0.29) is 10.6 Å². The SMILES string of the molecule is O=C(Nc1ccc(NS(=O)(=O)c2ccc3ccccc3c2)c(C(F)(F)F)c1)C1CCCO1. The first-order valence-corrected chi connectivity index (χ1v) is 11.3. The first kappa shape index (κ1) is 22.1. The van der Waals surface area contributed by atoms with Crippen LogP contribution in [-0.4, -0.2) is 27.0 Å². The monoisotopic (exact) mass is 464 g/mol. The van der Waals surface area contributed by atoms with Gasteiger partial charge in [0.25, 0.3) is 15.9 Å². The van der Waals surface area contributed by atoms with Crippen LogP contribution in [0.3, 0.4) is 0 Å². The number of carbonyl (C=O) groups is 1. The Balaban J connectivity index is 1.63. The number of anilines is 2. The first-order chi connectivity index (χ1) is 15.1. The summed E-state index contributed by atoms with van der Waals surface area (Å²) in [7, 11) is -4.29. The second kappa shape index (κ2) is 8.44. The second-order valence-electron chi connectivity index (χ2n) is 7.36. The molecule has 1 atom stereocenters. The van der Waals surface area contributed by atoms with Gasteiger partial charge >= 0.3 is 6.18 Å². The number of ether oxygens (including phenoxy) is 1. The molecule has 4 rings (SSSR count). The Kier molecular flexibility index (Phi) is 5.83. The van der Waals surface area contributed by atoms with Crippen LogP contribution in [0.2, 0.25) is 0 Å². The highest BCUT2D eigenvalue weighted by Crippen LogP contribution is 2.37. The highest BCUT2D eigenvalue weighted by atomic mass is 32.2. The van der Waals surface area contributed by atoms with E-state index in [1.807, 2.05) is 4.72 Å². The van der Waals surface area contributed by atoms with Crippen molar-refractivity contribution >= 4 is 38.1 Å². The van der Waals surface area contributed by atoms with Crippen LogP contribution in [-0.2, 0) is 25.7 Å². The van der Waals surface area contributed by atoms with E-state index in [0.717, 1.165) is 11.5 Å². The molecule has 1 aliphatic rings. The van der Waals surface area contributed by atoms with E-state index in [2.05, 4.69) is 5.32 Å². The average molecular weight is 464 g/mol. The molecule has 0 aliphatic carbocycles. The van der Waals surface area contributed by atoms with Crippen molar-refractivity contribution in [3.05, 3.63) is 66.2 Å². The fourth-order valence-electron chi connectivity index (χ4n) is 3.49. The molecule has 0 spiro atoms. The van der Waals surface area contributed by atoms with Crippen molar-refractivity contribution in [3.63, 3.8) is 0 Å². The number of sulfonamides is 1. The predicted molar refractivity (Wildman–Crippen MR) is 114 cm³/mol. The van der Waals surface area contributed by atoms with Crippen molar-refractivity contribution in [2.45, 2.75) is 30.0 Å². The van der Waals surface area contributed by atoms with E-state index in [0.29, 0.717) is 30.9 Å². The fraction of sp³-hybridized carbons (Fsp3) is 0.227. The minimum absolute atomic E-state index is 0.105. The van der Waals surface area contributed by atoms with Crippen LogP contribution in [0.5, 0.6) is 0 Å². The van der Waals surface area contributed by atoms with Crippen LogP contribution in [0.15, 0.2) is 65.6 Å². The van der Waals surface area contributed by atoms with Gasteiger partial charge in [-0.1, -0.05) is 30.3 Å². The molecule has 2 N–H and O–H groups in total. The van der Waals surface area contributed by atoms with Crippen molar-refractivity contribution in [1.82, 2.24) is 0 Å². The second-order valence-corrected chi connectivity index (χ2v) is 9.05. The Labute approximate surface area is 182 Å². The average Bonchev–Trinajstić information content (AvgIpc) is 3.28. The maximum atomic E-state index is 13.7. The molecule has 1 heterocycles. The van der Waals surface area contributed by atoms with Crippen molar-refractivity contribution in [1.29, 1.82) is 0 Å². The van der Waals surface area contributed by atoms with Crippen molar-refractivity contribution in [2.75, 3.05) is 16.6 Å². The summed E-state index contributed by atoms with van der Waals surface area (Å²) in [5.41, 5.74) is -1.96. The minimum atomic E-state index is -4.86. The quantitative estimate of drug-likeness (QED) is 0.569. The molecule has 6 nitrogen and oxygen atoms in total. The highest BCUT2D eigenvalue weighted by Gasteiger charge is 2.35. The third-order valence-corrected chi connectivity index (χ3v) is 6.45. The lowest BCUT2D eigenvalue weighted by molar-refractivity contribution is -0.137. The molecule has 1 saturated heterocycles. The number of rotatable bonds is 5. The number of alkyl halides is 3. The van der Waals surface area contributed by atoms with E-state index in [1.54, 1.807) is 30.3 Å². The summed E-state index contributed by atoms with van der Waals surface area (Å²) in [5, 5.41) is 3.83. The standard InChI is InChI=1S/C22H19F3N2O4S/c23-22(24,25)18-13-16(26-21(28)20-6-3-11-31-20)8-10-19(18)27-32(29,30)17-9-7-14-4-1-2-5-15(14)12-17/h1-2,4-5,7-10,12-13,20,27H,3,6,11H2,(H,26,28). The third-order valence-electron chi connectivity index (χ3n) is 5.09. The summed E-state index contributed by atoms with van der Waals surface area (Å²) < 4.78 is 73.9. The zero-order valence-corrected chi connectivity index (χ0v) is 17.5. The molecule has 1 amide bonds. The molecular weight excluding hydrogens is 445 g/mol. The summed E-state index contributed by atoms with van der Waals surface area (Å²) in [6.45, 7) is 0.418. The van der Waals surface area contributed by atoms with E-state index in [1.165, 1.54) is 18.2 Å². The first-order valence-electron chi connectivity index (χ1n) is 9.79. The fourth-order valence-corrected chi connectivity index (χ4v) is 4.61. The van der Waals surface area contributed by atoms with E-state index in [4.69, 9.17) is 4.74 Å². The van der Waals surface area contributed by atoms with E-state index < -0.39 is 39.5 Å². The Morgan fingerprint density at radius 2 is 1.75 bits per heavy atom. The summed E-state index contributed by atoms with van der Waals surface area (Å²) in [6.07, 6.45) is -4.38. The molecule has 0 bridgehead atoms. The number of hydrogen-bond donors (Lipinski definition) is 2. The van der Waals surface area contributed by atoms with Crippen LogP contribution < -0.4 is 10.0 Å². The Morgan fingerprint density at radius 1 is 1.00 bits per heavy atom. The van der Waals surface area contributed by atoms with Gasteiger partial charge in [0.05, 0.1) is 16.1 Å². The number of fused-ring (bicyclic) bond motifs is 1. The maximum absolute atomic E-state index is 13.7. The number of nitrogens with one attached hydrogen (secondary N) is 2. The predicted octanol–water partition coefficient (Wildman–Crippen LogP) is 4.78. The lowest BCUT2D eigenvalue weighted by Gasteiger charge is -2.17. The van der Waals surface area contributed by atoms with Crippen molar-refractivity contribution < 1.29 is 31.1 Å². The van der Waals surface area contributed by atoms with Crippen molar-refractivity contribution in [3.8, 4) is 0 Å². The van der Waals surface area contributed by atoms with E-state index in [9.17, 15) is 26.4 Å². The molecule has 1 aliphatic heterocycles. The Morgan fingerprint density at radius 3 is 2.44 bits per heavy atom. The number of benzene rings is 3. The van der Waals surface area contributed by atoms with Crippen LogP contribution in [0, 0.1) is 0 Å². The van der Waals surface area contributed by atoms with Gasteiger partial charge in [-0.25, -0.2) is 8.42 Å². The molecule has 0 radical (unpaired) electrons. The van der Waals surface area contributed by atoms with Crippen LogP contribution >= 0.6 is 0 Å². The topological polar surface area (TPSA) is 84.5 Å². The zero-order chi connectivity index (χ0) is 22.9. The minimum Gasteiger partial charge on any atom is -0.368 e. The van der Waals surface area contributed by atoms with Crippen LogP contribution in [0.4, 0.5) is 24.5 Å². The van der Waals surface area contributed by atoms with E-state index >= 15 is 0 Å². The van der Waals surface area contributed by atoms with Gasteiger partial charge in [-0.05, 0) is 53.9 Å². The molecule has 3 aromatic carbocycles. The van der Waals surface area contributed by atoms with Gasteiger partial charge in [-0.15, -0.1) is 0 Å². The molecule has 3 aromatic rings. The third kappa shape index (κ3) is 4.71. The van der Waals surface area contributed by atoms with Gasteiger partial charge in [0.1, 0.15) is 6.10 Å². The molecule has 1 unspecified atom stereocenters. The lowest BCUT2D eigenvalue weighted by Crippen LogP contribution is -2.27. The summed E-state index contributed by atoms with van der Waals surface area (Å²) in [6, 6.07) is 14.2. The Bertz CT molecular complexity index is 1270. The maximum Gasteiger partial charge on any atom is 0.418 e. The van der Waals surface area contributed by atoms with Gasteiger partial charge in [0.2, 0.25) is 0 Å². The van der Waals surface area contributed by atoms with Gasteiger partial charge in [0, 0.05) is 12.3 Å². The largest absolute Gasteiger partial charge is 0.418 e. The van der Waals surface area contributed by atoms with Gasteiger partial charge in [-0.3, -0.25) is 9.52 Å². The summed E-state index contributed by atoms with van der Waals surface area (Å²) >= 11 is 0. The number of carbonyl (C=O) groups excluding carboxylic acids is 1. The molecule has 168 valence electrons. The molecule has 1 fully saturated rings. The highest BCUT2D eigenvalue weighted by molar-refractivity contribution is 7.92. The lowest BCUT2D eigenvalue weighted by atomic mass is 10.1. The Hall–Kier alpha value is -3.11. The molecule has 10 heteroatoms.